The molecule has 2 heterocycles. The average molecular weight is 537 g/mol. The van der Waals surface area contributed by atoms with E-state index < -0.39 is 35.3 Å². The fraction of sp³-hybridized carbons (Fsp3) is 0.357. The average Bonchev–Trinajstić information content (AvgIpc) is 3.31. The zero-order valence-electron chi connectivity index (χ0n) is 20.8. The van der Waals surface area contributed by atoms with Crippen LogP contribution in [0.5, 0.6) is 0 Å². The molecule has 2 amide bonds. The molecular weight excluding hydrogens is 510 g/mol. The first-order valence-corrected chi connectivity index (χ1v) is 12.4. The molecule has 0 unspecified atom stereocenters. The third-order valence-electron chi connectivity index (χ3n) is 6.62. The maximum absolute atomic E-state index is 13.8. The van der Waals surface area contributed by atoms with Gasteiger partial charge in [0, 0.05) is 13.1 Å². The van der Waals surface area contributed by atoms with E-state index in [0.717, 1.165) is 37.1 Å². The molecular formula is C28H26F6N2O2. The molecule has 0 radical (unpaired) electrons. The van der Waals surface area contributed by atoms with Crippen LogP contribution in [-0.2, 0) is 21.9 Å². The number of amides is 2. The second-order valence-electron chi connectivity index (χ2n) is 9.22. The number of carbonyl (C=O) groups excluding carboxylic acids is 2. The zero-order chi connectivity index (χ0) is 27.8. The van der Waals surface area contributed by atoms with Crippen LogP contribution in [-0.4, -0.2) is 34.7 Å². The van der Waals surface area contributed by atoms with Gasteiger partial charge in [-0.3, -0.25) is 9.59 Å². The minimum Gasteiger partial charge on any atom is -0.307 e. The third-order valence-corrected chi connectivity index (χ3v) is 6.62. The molecule has 0 aromatic heterocycles. The lowest BCUT2D eigenvalue weighted by Gasteiger charge is -2.25. The molecule has 202 valence electrons. The summed E-state index contributed by atoms with van der Waals surface area (Å²) in [5.41, 5.74) is -0.579. The molecule has 0 N–H and O–H groups in total. The Hall–Kier alpha value is -3.56. The minimum absolute atomic E-state index is 0.0665. The molecule has 10 heteroatoms. The molecule has 2 aromatic rings. The largest absolute Gasteiger partial charge is 0.416 e. The maximum atomic E-state index is 13.8. The van der Waals surface area contributed by atoms with Crippen molar-refractivity contribution in [2.24, 2.45) is 0 Å². The Morgan fingerprint density at radius 2 is 0.895 bits per heavy atom. The normalized spacial score (nSPS) is 16.3. The summed E-state index contributed by atoms with van der Waals surface area (Å²) in [6, 6.07) is 8.55. The van der Waals surface area contributed by atoms with Crippen LogP contribution in [0, 0.1) is 0 Å². The van der Waals surface area contributed by atoms with Crippen molar-refractivity contribution < 1.29 is 35.9 Å². The van der Waals surface area contributed by atoms with Gasteiger partial charge in [0.2, 0.25) is 0 Å². The van der Waals surface area contributed by atoms with Gasteiger partial charge in [-0.25, -0.2) is 0 Å². The zero-order valence-corrected chi connectivity index (χ0v) is 20.8. The lowest BCUT2D eigenvalue weighted by atomic mass is 10.0. The summed E-state index contributed by atoms with van der Waals surface area (Å²) >= 11 is 0. The fourth-order valence-electron chi connectivity index (χ4n) is 4.69. The standard InChI is InChI=1S/C28H26F6N2O2/c1-3-5-15-35-23(17-7-11-19(12-8-17)27(29,30)31)21-22(25(35)37)24(36(26(21)38)16-6-4-2)18-9-13-20(14-10-18)28(32,33)34/h7-14H,3-6,15-16H2,1-2H3. The molecule has 0 bridgehead atoms. The van der Waals surface area contributed by atoms with Crippen molar-refractivity contribution in [1.82, 2.24) is 9.80 Å². The number of benzene rings is 2. The highest BCUT2D eigenvalue weighted by Crippen LogP contribution is 2.47. The molecule has 0 aliphatic carbocycles. The Balaban J connectivity index is 1.92. The minimum atomic E-state index is -4.55. The summed E-state index contributed by atoms with van der Waals surface area (Å²) in [5.74, 6) is -0.990. The fourth-order valence-corrected chi connectivity index (χ4v) is 4.69. The number of halogens is 6. The molecule has 0 fully saturated rings. The Bertz CT molecular complexity index is 1190. The van der Waals surface area contributed by atoms with Gasteiger partial charge in [0.05, 0.1) is 33.7 Å². The Kier molecular flexibility index (Phi) is 7.45. The molecule has 2 aliphatic heterocycles. The van der Waals surface area contributed by atoms with E-state index >= 15 is 0 Å². The van der Waals surface area contributed by atoms with Crippen molar-refractivity contribution in [2.45, 2.75) is 51.9 Å². The SMILES string of the molecule is CCCCN1C(=O)C2=C(c3ccc(C(F)(F)F)cc3)N(CCCC)C(=O)C2=C1c1ccc(C(F)(F)F)cc1. The van der Waals surface area contributed by atoms with Gasteiger partial charge in [-0.2, -0.15) is 26.3 Å². The number of hydrogen-bond donors (Lipinski definition) is 0. The summed E-state index contributed by atoms with van der Waals surface area (Å²) < 4.78 is 79.0. The molecule has 0 atom stereocenters. The first-order valence-electron chi connectivity index (χ1n) is 12.4. The van der Waals surface area contributed by atoms with E-state index in [9.17, 15) is 35.9 Å². The molecule has 38 heavy (non-hydrogen) atoms. The van der Waals surface area contributed by atoms with Crippen LogP contribution < -0.4 is 0 Å². The van der Waals surface area contributed by atoms with Gasteiger partial charge in [-0.1, -0.05) is 51.0 Å². The van der Waals surface area contributed by atoms with Crippen LogP contribution in [0.25, 0.3) is 11.4 Å². The van der Waals surface area contributed by atoms with Crippen molar-refractivity contribution in [3.8, 4) is 0 Å². The molecule has 4 rings (SSSR count). The van der Waals surface area contributed by atoms with E-state index in [-0.39, 0.29) is 46.8 Å². The summed E-state index contributed by atoms with van der Waals surface area (Å²) in [6.45, 7) is 4.30. The van der Waals surface area contributed by atoms with Crippen LogP contribution in [0.15, 0.2) is 59.7 Å². The van der Waals surface area contributed by atoms with Gasteiger partial charge >= 0.3 is 12.4 Å². The first kappa shape index (κ1) is 27.5. The van der Waals surface area contributed by atoms with Gasteiger partial charge in [0.15, 0.2) is 0 Å². The van der Waals surface area contributed by atoms with Crippen molar-refractivity contribution in [3.63, 3.8) is 0 Å². The van der Waals surface area contributed by atoms with Crippen molar-refractivity contribution in [2.75, 3.05) is 13.1 Å². The summed E-state index contributed by atoms with van der Waals surface area (Å²) in [4.78, 5) is 30.3. The predicted molar refractivity (Wildman–Crippen MR) is 130 cm³/mol. The van der Waals surface area contributed by atoms with Gasteiger partial charge in [-0.15, -0.1) is 0 Å². The number of hydrogen-bond acceptors (Lipinski definition) is 2. The lowest BCUT2D eigenvalue weighted by molar-refractivity contribution is -0.138. The Morgan fingerprint density at radius 1 is 0.579 bits per heavy atom. The number of fused-ring (bicyclic) bond motifs is 1. The van der Waals surface area contributed by atoms with E-state index in [1.54, 1.807) is 0 Å². The number of rotatable bonds is 8. The van der Waals surface area contributed by atoms with Crippen LogP contribution in [0.2, 0.25) is 0 Å². The molecule has 2 aromatic carbocycles. The van der Waals surface area contributed by atoms with Crippen molar-refractivity contribution >= 4 is 23.2 Å². The molecule has 0 saturated heterocycles. The number of nitrogens with zero attached hydrogens (tertiary/aromatic N) is 2. The third kappa shape index (κ3) is 4.96. The Labute approximate surface area is 216 Å². The van der Waals surface area contributed by atoms with Crippen LogP contribution in [0.1, 0.15) is 61.8 Å². The van der Waals surface area contributed by atoms with Crippen molar-refractivity contribution in [1.29, 1.82) is 0 Å². The highest BCUT2D eigenvalue weighted by molar-refractivity contribution is 6.30. The van der Waals surface area contributed by atoms with E-state index in [0.29, 0.717) is 12.8 Å². The predicted octanol–water partition coefficient (Wildman–Crippen LogP) is 7.13. The highest BCUT2D eigenvalue weighted by Gasteiger charge is 2.48. The maximum Gasteiger partial charge on any atom is 0.416 e. The first-order chi connectivity index (χ1) is 17.9. The van der Waals surface area contributed by atoms with Crippen molar-refractivity contribution in [3.05, 3.63) is 81.9 Å². The molecule has 4 nitrogen and oxygen atoms in total. The second-order valence-corrected chi connectivity index (χ2v) is 9.22. The van der Waals surface area contributed by atoms with E-state index in [2.05, 4.69) is 0 Å². The van der Waals surface area contributed by atoms with Gasteiger partial charge in [0.25, 0.3) is 11.8 Å². The van der Waals surface area contributed by atoms with E-state index in [1.165, 1.54) is 34.1 Å². The quantitative estimate of drug-likeness (QED) is 0.337. The second kappa shape index (κ2) is 10.3. The molecule has 0 spiro atoms. The Morgan fingerprint density at radius 3 is 1.16 bits per heavy atom. The van der Waals surface area contributed by atoms with Crippen LogP contribution in [0.4, 0.5) is 26.3 Å². The summed E-state index contributed by atoms with van der Waals surface area (Å²) in [7, 11) is 0. The topological polar surface area (TPSA) is 40.6 Å². The van der Waals surface area contributed by atoms with E-state index in [1.807, 2.05) is 13.8 Å². The summed E-state index contributed by atoms with van der Waals surface area (Å²) in [5, 5.41) is 0. The smallest absolute Gasteiger partial charge is 0.307 e. The molecule has 0 saturated carbocycles. The van der Waals surface area contributed by atoms with Gasteiger partial charge < -0.3 is 9.80 Å². The lowest BCUT2D eigenvalue weighted by Crippen LogP contribution is -2.31. The number of carbonyl (C=O) groups is 2. The van der Waals surface area contributed by atoms with Gasteiger partial charge in [-0.05, 0) is 48.2 Å². The number of alkyl halides is 6. The number of unbranched alkanes of at least 4 members (excludes halogenated alkanes) is 2. The van der Waals surface area contributed by atoms with Crippen LogP contribution in [0.3, 0.4) is 0 Å². The summed E-state index contributed by atoms with van der Waals surface area (Å²) in [6.07, 6.45) is -6.49. The van der Waals surface area contributed by atoms with E-state index in [4.69, 9.17) is 0 Å². The van der Waals surface area contributed by atoms with Crippen LogP contribution >= 0.6 is 0 Å². The monoisotopic (exact) mass is 536 g/mol. The highest BCUT2D eigenvalue weighted by atomic mass is 19.4. The van der Waals surface area contributed by atoms with Gasteiger partial charge in [0.1, 0.15) is 0 Å². The molecule has 2 aliphatic rings.